The van der Waals surface area contributed by atoms with Crippen LogP contribution in [0.15, 0.2) is 36.4 Å². The van der Waals surface area contributed by atoms with Crippen LogP contribution in [0, 0.1) is 13.8 Å². The molecule has 0 aromatic heterocycles. The number of nitrogens with one attached hydrogen (secondary N) is 2. The topological polar surface area (TPSA) is 58.2 Å². The molecule has 0 fully saturated rings. The SMILES string of the molecule is CCc1cccc(CC)c1NC(=O)CNC(=O)c1ccc(C)c(C)c1. The van der Waals surface area contributed by atoms with E-state index in [4.69, 9.17) is 0 Å². The zero-order valence-electron chi connectivity index (χ0n) is 15.4. The number of aryl methyl sites for hydroxylation is 4. The van der Waals surface area contributed by atoms with Crippen LogP contribution in [-0.4, -0.2) is 18.4 Å². The minimum atomic E-state index is -0.238. The number of carbonyl (C=O) groups is 2. The van der Waals surface area contributed by atoms with Crippen molar-refractivity contribution in [2.75, 3.05) is 11.9 Å². The highest BCUT2D eigenvalue weighted by Gasteiger charge is 2.12. The van der Waals surface area contributed by atoms with E-state index in [0.717, 1.165) is 40.8 Å². The molecule has 2 rings (SSSR count). The minimum absolute atomic E-state index is 0.0487. The van der Waals surface area contributed by atoms with E-state index in [1.165, 1.54) is 0 Å². The van der Waals surface area contributed by atoms with E-state index in [2.05, 4.69) is 24.5 Å². The van der Waals surface area contributed by atoms with E-state index < -0.39 is 0 Å². The Morgan fingerprint density at radius 1 is 0.920 bits per heavy atom. The van der Waals surface area contributed by atoms with Gasteiger partial charge in [0.25, 0.3) is 5.91 Å². The van der Waals surface area contributed by atoms with Crippen LogP contribution in [-0.2, 0) is 17.6 Å². The first-order valence-corrected chi connectivity index (χ1v) is 8.72. The smallest absolute Gasteiger partial charge is 0.251 e. The van der Waals surface area contributed by atoms with E-state index >= 15 is 0 Å². The first-order chi connectivity index (χ1) is 12.0. The van der Waals surface area contributed by atoms with Crippen LogP contribution < -0.4 is 10.6 Å². The Labute approximate surface area is 149 Å². The Morgan fingerprint density at radius 2 is 1.56 bits per heavy atom. The first kappa shape index (κ1) is 18.7. The van der Waals surface area contributed by atoms with Crippen LogP contribution in [0.4, 0.5) is 5.69 Å². The van der Waals surface area contributed by atoms with Gasteiger partial charge in [-0.05, 0) is 61.1 Å². The van der Waals surface area contributed by atoms with Crippen molar-refractivity contribution < 1.29 is 9.59 Å². The van der Waals surface area contributed by atoms with Gasteiger partial charge in [0.05, 0.1) is 6.54 Å². The number of anilines is 1. The van der Waals surface area contributed by atoms with Gasteiger partial charge in [0, 0.05) is 11.3 Å². The Kier molecular flexibility index (Phi) is 6.34. The summed E-state index contributed by atoms with van der Waals surface area (Å²) in [4.78, 5) is 24.5. The lowest BCUT2D eigenvalue weighted by Gasteiger charge is -2.14. The van der Waals surface area contributed by atoms with Crippen molar-refractivity contribution in [3.8, 4) is 0 Å². The maximum Gasteiger partial charge on any atom is 0.251 e. The van der Waals surface area contributed by atoms with Crippen molar-refractivity contribution in [1.82, 2.24) is 5.32 Å². The summed E-state index contributed by atoms with van der Waals surface area (Å²) in [7, 11) is 0. The molecule has 0 saturated carbocycles. The second-order valence-electron chi connectivity index (χ2n) is 6.19. The molecule has 0 atom stereocenters. The van der Waals surface area contributed by atoms with Crippen molar-refractivity contribution in [2.24, 2.45) is 0 Å². The van der Waals surface area contributed by atoms with Crippen molar-refractivity contribution in [3.63, 3.8) is 0 Å². The predicted molar refractivity (Wildman–Crippen MR) is 102 cm³/mol. The lowest BCUT2D eigenvalue weighted by atomic mass is 10.0. The second kappa shape index (κ2) is 8.47. The number of rotatable bonds is 6. The summed E-state index contributed by atoms with van der Waals surface area (Å²) in [5.41, 5.74) is 5.84. The Morgan fingerprint density at radius 3 is 2.12 bits per heavy atom. The zero-order valence-corrected chi connectivity index (χ0v) is 15.4. The van der Waals surface area contributed by atoms with Gasteiger partial charge in [-0.2, -0.15) is 0 Å². The quantitative estimate of drug-likeness (QED) is 0.842. The van der Waals surface area contributed by atoms with Gasteiger partial charge in [-0.25, -0.2) is 0 Å². The third kappa shape index (κ3) is 4.69. The molecule has 0 aliphatic rings. The Hall–Kier alpha value is -2.62. The minimum Gasteiger partial charge on any atom is -0.343 e. The monoisotopic (exact) mass is 338 g/mol. The number of hydrogen-bond donors (Lipinski definition) is 2. The van der Waals surface area contributed by atoms with Crippen molar-refractivity contribution >= 4 is 17.5 Å². The maximum atomic E-state index is 12.3. The molecule has 2 amide bonds. The Balaban J connectivity index is 2.01. The largest absolute Gasteiger partial charge is 0.343 e. The van der Waals surface area contributed by atoms with E-state index in [0.29, 0.717) is 5.56 Å². The van der Waals surface area contributed by atoms with Crippen LogP contribution in [0.25, 0.3) is 0 Å². The summed E-state index contributed by atoms with van der Waals surface area (Å²) in [5, 5.41) is 5.64. The van der Waals surface area contributed by atoms with Gasteiger partial charge in [-0.1, -0.05) is 38.1 Å². The molecule has 2 aromatic rings. The molecule has 0 unspecified atom stereocenters. The molecule has 2 N–H and O–H groups in total. The summed E-state index contributed by atoms with van der Waals surface area (Å²) in [5.74, 6) is -0.453. The fourth-order valence-electron chi connectivity index (χ4n) is 2.73. The molecule has 0 heterocycles. The first-order valence-electron chi connectivity index (χ1n) is 8.72. The molecule has 0 spiro atoms. The lowest BCUT2D eigenvalue weighted by Crippen LogP contribution is -2.33. The third-order valence-electron chi connectivity index (χ3n) is 4.44. The average Bonchev–Trinajstić information content (AvgIpc) is 2.62. The molecular weight excluding hydrogens is 312 g/mol. The number of carbonyl (C=O) groups excluding carboxylic acids is 2. The molecule has 0 radical (unpaired) electrons. The van der Waals surface area contributed by atoms with Gasteiger partial charge in [-0.3, -0.25) is 9.59 Å². The molecule has 0 saturated heterocycles. The normalized spacial score (nSPS) is 10.4. The highest BCUT2D eigenvalue weighted by Crippen LogP contribution is 2.22. The van der Waals surface area contributed by atoms with Crippen LogP contribution in [0.1, 0.15) is 46.5 Å². The summed E-state index contributed by atoms with van der Waals surface area (Å²) in [6, 6.07) is 11.6. The number of amides is 2. The van der Waals surface area contributed by atoms with E-state index in [9.17, 15) is 9.59 Å². The Bertz CT molecular complexity index is 759. The molecular formula is C21H26N2O2. The highest BCUT2D eigenvalue weighted by molar-refractivity contribution is 6.00. The summed E-state index contributed by atoms with van der Waals surface area (Å²) in [6.45, 7) is 8.04. The molecule has 132 valence electrons. The molecule has 0 bridgehead atoms. The summed E-state index contributed by atoms with van der Waals surface area (Å²) >= 11 is 0. The van der Waals surface area contributed by atoms with Crippen LogP contribution in [0.2, 0.25) is 0 Å². The fraction of sp³-hybridized carbons (Fsp3) is 0.333. The zero-order chi connectivity index (χ0) is 18.4. The van der Waals surface area contributed by atoms with E-state index in [-0.39, 0.29) is 18.4 Å². The van der Waals surface area contributed by atoms with Gasteiger partial charge in [0.1, 0.15) is 0 Å². The molecule has 4 heteroatoms. The summed E-state index contributed by atoms with van der Waals surface area (Å²) in [6.07, 6.45) is 1.69. The van der Waals surface area contributed by atoms with Crippen LogP contribution >= 0.6 is 0 Å². The van der Waals surface area contributed by atoms with Gasteiger partial charge >= 0.3 is 0 Å². The molecule has 25 heavy (non-hydrogen) atoms. The van der Waals surface area contributed by atoms with E-state index in [1.807, 2.05) is 44.2 Å². The second-order valence-corrected chi connectivity index (χ2v) is 6.19. The molecule has 0 aliphatic carbocycles. The fourth-order valence-corrected chi connectivity index (χ4v) is 2.73. The van der Waals surface area contributed by atoms with Crippen molar-refractivity contribution in [1.29, 1.82) is 0 Å². The third-order valence-corrected chi connectivity index (χ3v) is 4.44. The number of hydrogen-bond acceptors (Lipinski definition) is 2. The standard InChI is InChI=1S/C21H26N2O2/c1-5-16-8-7-9-17(6-2)20(16)23-19(24)13-22-21(25)18-11-10-14(3)15(4)12-18/h7-12H,5-6,13H2,1-4H3,(H,22,25)(H,23,24). The number of para-hydroxylation sites is 1. The van der Waals surface area contributed by atoms with Gasteiger partial charge in [-0.15, -0.1) is 0 Å². The van der Waals surface area contributed by atoms with Crippen molar-refractivity contribution in [2.45, 2.75) is 40.5 Å². The van der Waals surface area contributed by atoms with Gasteiger partial charge in [0.15, 0.2) is 0 Å². The van der Waals surface area contributed by atoms with Gasteiger partial charge < -0.3 is 10.6 Å². The van der Waals surface area contributed by atoms with E-state index in [1.54, 1.807) is 6.07 Å². The lowest BCUT2D eigenvalue weighted by molar-refractivity contribution is -0.115. The van der Waals surface area contributed by atoms with Crippen LogP contribution in [0.3, 0.4) is 0 Å². The summed E-state index contributed by atoms with van der Waals surface area (Å²) < 4.78 is 0. The average molecular weight is 338 g/mol. The molecule has 4 nitrogen and oxygen atoms in total. The van der Waals surface area contributed by atoms with Crippen molar-refractivity contribution in [3.05, 3.63) is 64.2 Å². The van der Waals surface area contributed by atoms with Gasteiger partial charge in [0.2, 0.25) is 5.91 Å². The highest BCUT2D eigenvalue weighted by atomic mass is 16.2. The molecule has 0 aliphatic heterocycles. The number of benzene rings is 2. The van der Waals surface area contributed by atoms with Crippen LogP contribution in [0.5, 0.6) is 0 Å². The maximum absolute atomic E-state index is 12.3. The molecule has 2 aromatic carbocycles. The predicted octanol–water partition coefficient (Wildman–Crippen LogP) is 3.80.